The molecule has 0 radical (unpaired) electrons. The Hall–Kier alpha value is -5.15. The van der Waals surface area contributed by atoms with E-state index in [-0.39, 0.29) is 11.9 Å². The molecule has 3 amide bonds. The summed E-state index contributed by atoms with van der Waals surface area (Å²) in [5.74, 6) is 6.24. The average Bonchev–Trinajstić information content (AvgIpc) is 3.47. The molecule has 1 atom stereocenters. The van der Waals surface area contributed by atoms with E-state index in [1.165, 1.54) is 0 Å². The van der Waals surface area contributed by atoms with Crippen LogP contribution in [0.25, 0.3) is 22.3 Å². The smallest absolute Gasteiger partial charge is 0.324 e. The Morgan fingerprint density at radius 2 is 1.84 bits per heavy atom. The van der Waals surface area contributed by atoms with Gasteiger partial charge in [0, 0.05) is 61.6 Å². The Balaban J connectivity index is 1.08. The molecule has 4 N–H and O–H groups in total. The molecule has 5 heterocycles. The molecule has 2 fully saturated rings. The summed E-state index contributed by atoms with van der Waals surface area (Å²) in [4.78, 5) is 45.7. The number of urea groups is 1. The van der Waals surface area contributed by atoms with Crippen LogP contribution < -0.4 is 25.8 Å². The molecule has 0 unspecified atom stereocenters. The van der Waals surface area contributed by atoms with Crippen LogP contribution in [-0.4, -0.2) is 77.3 Å². The number of fused-ring (bicyclic) bond motifs is 1. The lowest BCUT2D eigenvalue weighted by Gasteiger charge is -2.34. The highest BCUT2D eigenvalue weighted by molar-refractivity contribution is 5.99. The maximum absolute atomic E-state index is 12.8. The molecule has 1 aromatic carbocycles. The van der Waals surface area contributed by atoms with Gasteiger partial charge in [-0.3, -0.25) is 10.1 Å². The number of pyridine rings is 1. The van der Waals surface area contributed by atoms with Crippen LogP contribution in [0.3, 0.4) is 0 Å². The predicted octanol–water partition coefficient (Wildman–Crippen LogP) is 3.61. The maximum Gasteiger partial charge on any atom is 0.324 e. The molecule has 0 aliphatic carbocycles. The minimum Gasteiger partial charge on any atom is -0.378 e. The summed E-state index contributed by atoms with van der Waals surface area (Å²) in [6, 6.07) is 13.0. The Labute approximate surface area is 249 Å². The molecule has 2 saturated heterocycles. The third-order valence-corrected chi connectivity index (χ3v) is 7.51. The summed E-state index contributed by atoms with van der Waals surface area (Å²) < 4.78 is 5.48. The van der Waals surface area contributed by atoms with E-state index in [4.69, 9.17) is 4.74 Å². The number of ether oxygens (including phenoxy) is 1. The second kappa shape index (κ2) is 12.8. The first kappa shape index (κ1) is 28.0. The maximum atomic E-state index is 12.8. The van der Waals surface area contributed by atoms with Crippen LogP contribution in [0.4, 0.5) is 27.8 Å². The number of hydrogen-bond acceptors (Lipinski definition) is 8. The third kappa shape index (κ3) is 6.68. The van der Waals surface area contributed by atoms with Crippen molar-refractivity contribution in [2.24, 2.45) is 0 Å². The lowest BCUT2D eigenvalue weighted by atomic mass is 10.0. The molecule has 12 heteroatoms. The lowest BCUT2D eigenvalue weighted by Crippen LogP contribution is -2.47. The van der Waals surface area contributed by atoms with Gasteiger partial charge in [0.1, 0.15) is 23.6 Å². The third-order valence-electron chi connectivity index (χ3n) is 7.51. The number of amides is 3. The number of H-pyrrole nitrogens is 1. The average molecular weight is 580 g/mol. The second-order valence-corrected chi connectivity index (χ2v) is 10.4. The van der Waals surface area contributed by atoms with Crippen molar-refractivity contribution in [1.82, 2.24) is 25.3 Å². The molecule has 12 nitrogen and oxygen atoms in total. The first-order chi connectivity index (χ1) is 21.1. The monoisotopic (exact) mass is 579 g/mol. The van der Waals surface area contributed by atoms with Crippen LogP contribution in [-0.2, 0) is 9.53 Å². The largest absolute Gasteiger partial charge is 0.378 e. The number of anilines is 4. The van der Waals surface area contributed by atoms with Crippen molar-refractivity contribution in [2.75, 3.05) is 59.8 Å². The van der Waals surface area contributed by atoms with Crippen molar-refractivity contribution in [2.45, 2.75) is 25.8 Å². The second-order valence-electron chi connectivity index (χ2n) is 10.4. The molecule has 0 spiro atoms. The minimum atomic E-state index is -0.393. The van der Waals surface area contributed by atoms with Gasteiger partial charge in [0.15, 0.2) is 0 Å². The van der Waals surface area contributed by atoms with E-state index in [2.05, 4.69) is 63.6 Å². The van der Waals surface area contributed by atoms with Gasteiger partial charge in [-0.05, 0) is 55.5 Å². The Bertz CT molecular complexity index is 1670. The molecule has 220 valence electrons. The van der Waals surface area contributed by atoms with E-state index in [0.717, 1.165) is 66.3 Å². The van der Waals surface area contributed by atoms with Crippen molar-refractivity contribution in [3.05, 3.63) is 55.0 Å². The van der Waals surface area contributed by atoms with Gasteiger partial charge in [-0.25, -0.2) is 19.7 Å². The topological polar surface area (TPSA) is 140 Å². The van der Waals surface area contributed by atoms with Gasteiger partial charge in [0.25, 0.3) is 5.91 Å². The van der Waals surface area contributed by atoms with Crippen molar-refractivity contribution in [3.8, 4) is 23.1 Å². The zero-order chi connectivity index (χ0) is 29.6. The standard InChI is InChI=1S/C31H33N9O3/c1-2-4-28(41)35-23-5-3-12-40(19-23)24-10-11-32-27(17-24)38-31(42)36-22-8-6-21(7-9-22)26-18-25-29(37-26)33-20-34-30(25)39-13-15-43-16-14-39/h6-11,17-18,20,23H,3,5,12-16,19H2,1H3,(H,35,41)(H,33,34,37)(H2,32,36,38,42)/t23-/m1/s1. The highest BCUT2D eigenvalue weighted by Gasteiger charge is 2.22. The number of hydrogen-bond donors (Lipinski definition) is 4. The number of piperidine rings is 1. The number of nitrogens with one attached hydrogen (secondary N) is 4. The molecular weight excluding hydrogens is 546 g/mol. The Morgan fingerprint density at radius 3 is 2.65 bits per heavy atom. The number of carbonyl (C=O) groups excluding carboxylic acids is 2. The summed E-state index contributed by atoms with van der Waals surface area (Å²) >= 11 is 0. The van der Waals surface area contributed by atoms with E-state index in [0.29, 0.717) is 31.3 Å². The summed E-state index contributed by atoms with van der Waals surface area (Å²) in [6.07, 6.45) is 5.08. The fourth-order valence-corrected chi connectivity index (χ4v) is 5.47. The zero-order valence-electron chi connectivity index (χ0n) is 23.9. The fourth-order valence-electron chi connectivity index (χ4n) is 5.47. The van der Waals surface area contributed by atoms with Crippen molar-refractivity contribution < 1.29 is 14.3 Å². The van der Waals surface area contributed by atoms with Crippen LogP contribution in [0.2, 0.25) is 0 Å². The number of benzene rings is 1. The number of morpholine rings is 1. The molecule has 6 rings (SSSR count). The van der Waals surface area contributed by atoms with Crippen molar-refractivity contribution in [1.29, 1.82) is 0 Å². The van der Waals surface area contributed by atoms with Gasteiger partial charge in [0.2, 0.25) is 0 Å². The number of rotatable bonds is 6. The van der Waals surface area contributed by atoms with Crippen LogP contribution in [0.1, 0.15) is 19.8 Å². The van der Waals surface area contributed by atoms with Crippen LogP contribution >= 0.6 is 0 Å². The lowest BCUT2D eigenvalue weighted by molar-refractivity contribution is -0.116. The van der Waals surface area contributed by atoms with Crippen LogP contribution in [0, 0.1) is 11.8 Å². The number of aromatic nitrogens is 4. The fraction of sp³-hybridized carbons (Fsp3) is 0.323. The van der Waals surface area contributed by atoms with Gasteiger partial charge in [-0.2, -0.15) is 0 Å². The summed E-state index contributed by atoms with van der Waals surface area (Å²) in [6.45, 7) is 6.11. The molecule has 2 aliphatic heterocycles. The Morgan fingerprint density at radius 1 is 1.00 bits per heavy atom. The van der Waals surface area contributed by atoms with Crippen LogP contribution in [0.5, 0.6) is 0 Å². The number of carbonyl (C=O) groups is 2. The molecule has 2 aliphatic rings. The van der Waals surface area contributed by atoms with E-state index in [9.17, 15) is 9.59 Å². The minimum absolute atomic E-state index is 0.0158. The normalized spacial score (nSPS) is 16.7. The predicted molar refractivity (Wildman–Crippen MR) is 166 cm³/mol. The van der Waals surface area contributed by atoms with Gasteiger partial charge in [-0.15, -0.1) is 0 Å². The van der Waals surface area contributed by atoms with Crippen molar-refractivity contribution >= 4 is 46.0 Å². The first-order valence-electron chi connectivity index (χ1n) is 14.3. The number of aromatic amines is 1. The molecular formula is C31H33N9O3. The quantitative estimate of drug-likeness (QED) is 0.254. The van der Waals surface area contributed by atoms with Crippen molar-refractivity contribution in [3.63, 3.8) is 0 Å². The van der Waals surface area contributed by atoms with E-state index >= 15 is 0 Å². The molecule has 0 bridgehead atoms. The summed E-state index contributed by atoms with van der Waals surface area (Å²) in [7, 11) is 0. The molecule has 43 heavy (non-hydrogen) atoms. The van der Waals surface area contributed by atoms with Gasteiger partial charge >= 0.3 is 6.03 Å². The van der Waals surface area contributed by atoms with E-state index in [1.54, 1.807) is 19.4 Å². The SMILES string of the molecule is CC#CC(=O)N[C@@H]1CCCN(c2ccnc(NC(=O)Nc3ccc(-c4cc5c(N6CCOCC6)ncnc5[nH]4)cc3)c2)C1. The highest BCUT2D eigenvalue weighted by Crippen LogP contribution is 2.30. The van der Waals surface area contributed by atoms with E-state index < -0.39 is 6.03 Å². The summed E-state index contributed by atoms with van der Waals surface area (Å²) in [5, 5.41) is 9.62. The first-order valence-corrected chi connectivity index (χ1v) is 14.3. The van der Waals surface area contributed by atoms with E-state index in [1.807, 2.05) is 36.4 Å². The summed E-state index contributed by atoms with van der Waals surface area (Å²) in [5.41, 5.74) is 4.23. The zero-order valence-corrected chi connectivity index (χ0v) is 23.9. The number of nitrogens with zero attached hydrogens (tertiary/aromatic N) is 5. The van der Waals surface area contributed by atoms with Crippen LogP contribution in [0.15, 0.2) is 55.0 Å². The molecule has 4 aromatic rings. The Kier molecular flexibility index (Phi) is 8.33. The van der Waals surface area contributed by atoms with Gasteiger partial charge in [-0.1, -0.05) is 18.1 Å². The van der Waals surface area contributed by atoms with Gasteiger partial charge < -0.3 is 30.2 Å². The molecule has 0 saturated carbocycles. The highest BCUT2D eigenvalue weighted by atomic mass is 16.5. The van der Waals surface area contributed by atoms with Gasteiger partial charge in [0.05, 0.1) is 18.6 Å². The molecule has 3 aromatic heterocycles.